The number of aryl methyl sites for hydroxylation is 2. The van der Waals surface area contributed by atoms with E-state index in [1.54, 1.807) is 0 Å². The third kappa shape index (κ3) is 1.08. The van der Waals surface area contributed by atoms with Crippen molar-refractivity contribution in [3.8, 4) is 0 Å². The molecule has 2 N–H and O–H groups in total. The van der Waals surface area contributed by atoms with Crippen LogP contribution in [-0.2, 0) is 6.42 Å². The van der Waals surface area contributed by atoms with E-state index in [1.807, 2.05) is 11.3 Å². The van der Waals surface area contributed by atoms with Crippen LogP contribution in [0.1, 0.15) is 27.9 Å². The van der Waals surface area contributed by atoms with E-state index in [2.05, 4.69) is 11.9 Å². The van der Waals surface area contributed by atoms with E-state index in [9.17, 15) is 0 Å². The number of hydrogen-bond donors (Lipinski definition) is 1. The SMILES string of the molecule is Cc1nc2c(s1)C(CN)CC2. The summed E-state index contributed by atoms with van der Waals surface area (Å²) in [5, 5.41) is 1.19. The van der Waals surface area contributed by atoms with E-state index < -0.39 is 0 Å². The minimum absolute atomic E-state index is 0.608. The Morgan fingerprint density at radius 1 is 1.73 bits per heavy atom. The van der Waals surface area contributed by atoms with Crippen LogP contribution in [-0.4, -0.2) is 11.5 Å². The number of fused-ring (bicyclic) bond motifs is 1. The maximum atomic E-state index is 5.64. The predicted octanol–water partition coefficient (Wildman–Crippen LogP) is 1.44. The van der Waals surface area contributed by atoms with Crippen molar-refractivity contribution in [3.63, 3.8) is 0 Å². The Balaban J connectivity index is 2.37. The van der Waals surface area contributed by atoms with Gasteiger partial charge in [-0.05, 0) is 19.8 Å². The number of thiazole rings is 1. The van der Waals surface area contributed by atoms with Crippen LogP contribution < -0.4 is 5.73 Å². The number of nitrogens with two attached hydrogens (primary N) is 1. The zero-order valence-corrected chi connectivity index (χ0v) is 7.45. The van der Waals surface area contributed by atoms with Crippen LogP contribution in [0, 0.1) is 6.92 Å². The van der Waals surface area contributed by atoms with Gasteiger partial charge in [0.2, 0.25) is 0 Å². The lowest BCUT2D eigenvalue weighted by Crippen LogP contribution is -2.07. The molecule has 1 unspecified atom stereocenters. The summed E-state index contributed by atoms with van der Waals surface area (Å²) in [6.45, 7) is 2.85. The molecule has 1 aliphatic rings. The topological polar surface area (TPSA) is 38.9 Å². The van der Waals surface area contributed by atoms with Gasteiger partial charge >= 0.3 is 0 Å². The van der Waals surface area contributed by atoms with Crippen LogP contribution in [0.4, 0.5) is 0 Å². The third-order valence-corrected chi connectivity index (χ3v) is 3.39. The van der Waals surface area contributed by atoms with Gasteiger partial charge in [-0.1, -0.05) is 0 Å². The average molecular weight is 168 g/mol. The summed E-state index contributed by atoms with van der Waals surface area (Å²) >= 11 is 1.82. The Kier molecular flexibility index (Phi) is 1.69. The second-order valence-electron chi connectivity index (χ2n) is 3.02. The summed E-state index contributed by atoms with van der Waals surface area (Å²) in [7, 11) is 0. The van der Waals surface area contributed by atoms with Crippen molar-refractivity contribution in [3.05, 3.63) is 15.6 Å². The molecule has 0 aromatic carbocycles. The van der Waals surface area contributed by atoms with E-state index in [0.717, 1.165) is 13.0 Å². The molecule has 0 aliphatic heterocycles. The molecule has 0 fully saturated rings. The molecule has 0 amide bonds. The van der Waals surface area contributed by atoms with E-state index in [0.29, 0.717) is 5.92 Å². The van der Waals surface area contributed by atoms with Gasteiger partial charge in [0.25, 0.3) is 0 Å². The van der Waals surface area contributed by atoms with Gasteiger partial charge in [0.05, 0.1) is 10.7 Å². The van der Waals surface area contributed by atoms with Crippen molar-refractivity contribution in [2.24, 2.45) is 5.73 Å². The Bertz CT molecular complexity index is 267. The quantitative estimate of drug-likeness (QED) is 0.689. The zero-order chi connectivity index (χ0) is 7.84. The van der Waals surface area contributed by atoms with Gasteiger partial charge in [0, 0.05) is 17.3 Å². The van der Waals surface area contributed by atoms with E-state index in [1.165, 1.54) is 22.0 Å². The highest BCUT2D eigenvalue weighted by Crippen LogP contribution is 2.35. The number of aromatic nitrogens is 1. The molecular formula is C8H12N2S. The van der Waals surface area contributed by atoms with Gasteiger partial charge in [-0.2, -0.15) is 0 Å². The van der Waals surface area contributed by atoms with E-state index >= 15 is 0 Å². The molecule has 11 heavy (non-hydrogen) atoms. The molecule has 2 nitrogen and oxygen atoms in total. The monoisotopic (exact) mass is 168 g/mol. The van der Waals surface area contributed by atoms with Gasteiger partial charge in [-0.3, -0.25) is 0 Å². The van der Waals surface area contributed by atoms with Crippen molar-refractivity contribution in [1.82, 2.24) is 4.98 Å². The maximum Gasteiger partial charge on any atom is 0.0900 e. The Hall–Kier alpha value is -0.410. The molecule has 1 heterocycles. The van der Waals surface area contributed by atoms with Crippen LogP contribution in [0.2, 0.25) is 0 Å². The molecule has 0 spiro atoms. The van der Waals surface area contributed by atoms with Crippen LogP contribution in [0.15, 0.2) is 0 Å². The standard InChI is InChI=1S/C8H12N2S/c1-5-10-7-3-2-6(4-9)8(7)11-5/h6H,2-4,9H2,1H3. The van der Waals surface area contributed by atoms with E-state index in [-0.39, 0.29) is 0 Å². The lowest BCUT2D eigenvalue weighted by molar-refractivity contribution is 0.693. The van der Waals surface area contributed by atoms with Crippen molar-refractivity contribution >= 4 is 11.3 Å². The molecule has 2 rings (SSSR count). The summed E-state index contributed by atoms with van der Waals surface area (Å²) in [4.78, 5) is 5.90. The minimum Gasteiger partial charge on any atom is -0.330 e. The summed E-state index contributed by atoms with van der Waals surface area (Å²) < 4.78 is 0. The molecule has 1 aromatic rings. The second kappa shape index (κ2) is 2.57. The largest absolute Gasteiger partial charge is 0.330 e. The number of hydrogen-bond acceptors (Lipinski definition) is 3. The number of rotatable bonds is 1. The summed E-state index contributed by atoms with van der Waals surface area (Å²) in [6.07, 6.45) is 2.35. The molecule has 60 valence electrons. The second-order valence-corrected chi connectivity index (χ2v) is 4.25. The van der Waals surface area contributed by atoms with Gasteiger partial charge < -0.3 is 5.73 Å². The van der Waals surface area contributed by atoms with Gasteiger partial charge in [-0.15, -0.1) is 11.3 Å². The molecule has 1 aromatic heterocycles. The Labute approximate surface area is 70.5 Å². The van der Waals surface area contributed by atoms with Gasteiger partial charge in [0.15, 0.2) is 0 Å². The van der Waals surface area contributed by atoms with Crippen molar-refractivity contribution in [2.45, 2.75) is 25.7 Å². The first-order chi connectivity index (χ1) is 5.31. The first-order valence-electron chi connectivity index (χ1n) is 3.97. The maximum absolute atomic E-state index is 5.64. The molecule has 0 radical (unpaired) electrons. The van der Waals surface area contributed by atoms with Gasteiger partial charge in [0.1, 0.15) is 0 Å². The average Bonchev–Trinajstić information content (AvgIpc) is 2.45. The lowest BCUT2D eigenvalue weighted by atomic mass is 10.1. The minimum atomic E-state index is 0.608. The highest BCUT2D eigenvalue weighted by atomic mass is 32.1. The van der Waals surface area contributed by atoms with Crippen LogP contribution in [0.3, 0.4) is 0 Å². The molecule has 3 heteroatoms. The number of nitrogens with zero attached hydrogens (tertiary/aromatic N) is 1. The Morgan fingerprint density at radius 2 is 2.55 bits per heavy atom. The molecular weight excluding hydrogens is 156 g/mol. The smallest absolute Gasteiger partial charge is 0.0900 e. The van der Waals surface area contributed by atoms with Crippen molar-refractivity contribution in [2.75, 3.05) is 6.54 Å². The summed E-state index contributed by atoms with van der Waals surface area (Å²) in [5.41, 5.74) is 6.95. The first kappa shape index (κ1) is 7.25. The molecule has 0 saturated carbocycles. The molecule has 1 aliphatic carbocycles. The highest BCUT2D eigenvalue weighted by Gasteiger charge is 2.24. The van der Waals surface area contributed by atoms with E-state index in [4.69, 9.17) is 5.73 Å². The predicted molar refractivity (Wildman–Crippen MR) is 47.0 cm³/mol. The van der Waals surface area contributed by atoms with Crippen LogP contribution >= 0.6 is 11.3 Å². The fourth-order valence-electron chi connectivity index (χ4n) is 1.65. The van der Waals surface area contributed by atoms with Crippen molar-refractivity contribution in [1.29, 1.82) is 0 Å². The third-order valence-electron chi connectivity index (χ3n) is 2.22. The first-order valence-corrected chi connectivity index (χ1v) is 4.79. The lowest BCUT2D eigenvalue weighted by Gasteiger charge is -2.02. The Morgan fingerprint density at radius 3 is 3.27 bits per heavy atom. The van der Waals surface area contributed by atoms with Crippen molar-refractivity contribution < 1.29 is 0 Å². The van der Waals surface area contributed by atoms with Crippen LogP contribution in [0.25, 0.3) is 0 Å². The molecule has 1 atom stereocenters. The highest BCUT2D eigenvalue weighted by molar-refractivity contribution is 7.11. The zero-order valence-electron chi connectivity index (χ0n) is 6.63. The molecule has 0 bridgehead atoms. The van der Waals surface area contributed by atoms with Crippen LogP contribution in [0.5, 0.6) is 0 Å². The van der Waals surface area contributed by atoms with Gasteiger partial charge in [-0.25, -0.2) is 4.98 Å². The normalized spacial score (nSPS) is 22.2. The summed E-state index contributed by atoms with van der Waals surface area (Å²) in [5.74, 6) is 0.608. The fourth-order valence-corrected chi connectivity index (χ4v) is 2.77. The fraction of sp³-hybridized carbons (Fsp3) is 0.625. The molecule has 0 saturated heterocycles. The summed E-state index contributed by atoms with van der Waals surface area (Å²) in [6, 6.07) is 0.